The van der Waals surface area contributed by atoms with Crippen LogP contribution < -0.4 is 0 Å². The van der Waals surface area contributed by atoms with E-state index in [0.29, 0.717) is 16.3 Å². The normalized spacial score (nSPS) is 17.5. The minimum Gasteiger partial charge on any atom is -0.508 e. The summed E-state index contributed by atoms with van der Waals surface area (Å²) in [5, 5.41) is 21.3. The lowest BCUT2D eigenvalue weighted by atomic mass is 10.0. The number of aromatic hydroxyl groups is 1. The molecule has 0 aliphatic carbocycles. The first-order valence-corrected chi connectivity index (χ1v) is 9.93. The van der Waals surface area contributed by atoms with Gasteiger partial charge < -0.3 is 10.0 Å². The number of nitro benzene ring substituents is 1. The van der Waals surface area contributed by atoms with Crippen LogP contribution in [0.4, 0.5) is 5.69 Å². The first-order chi connectivity index (χ1) is 13.3. The maximum atomic E-state index is 11.1. The Morgan fingerprint density at radius 3 is 2.64 bits per heavy atom. The Labute approximate surface area is 175 Å². The number of piperazine rings is 1. The van der Waals surface area contributed by atoms with Crippen LogP contribution in [0.15, 0.2) is 42.5 Å². The number of nitro groups is 1. The molecule has 0 saturated carbocycles. The molecule has 1 aliphatic heterocycles. The summed E-state index contributed by atoms with van der Waals surface area (Å²) < 4.78 is 0.505. The van der Waals surface area contributed by atoms with Gasteiger partial charge in [0.25, 0.3) is 5.69 Å². The maximum absolute atomic E-state index is 11.1. The fraction of sp³-hybridized carbons (Fsp3) is 0.350. The fourth-order valence-electron chi connectivity index (χ4n) is 3.54. The highest BCUT2D eigenvalue weighted by Crippen LogP contribution is 2.27. The highest BCUT2D eigenvalue weighted by atomic mass is 32.1. The van der Waals surface area contributed by atoms with Crippen LogP contribution in [0.3, 0.4) is 0 Å². The standard InChI is InChI=1S/C20H23N3O3S2/c1-14-2-4-15(5-3-14)12-21-8-9-22(20(27)28)18(13-21)11-16-10-17(23(25)26)6-7-19(16)24/h2-7,10,18,24H,8-9,11-13H2,1H3,(H,27,28). The smallest absolute Gasteiger partial charge is 0.269 e. The van der Waals surface area contributed by atoms with E-state index in [0.717, 1.165) is 26.2 Å². The summed E-state index contributed by atoms with van der Waals surface area (Å²) in [5.41, 5.74) is 2.99. The van der Waals surface area contributed by atoms with Crippen LogP contribution in [0.25, 0.3) is 0 Å². The summed E-state index contributed by atoms with van der Waals surface area (Å²) in [6.07, 6.45) is 0.457. The molecule has 1 aliphatic rings. The number of aryl methyl sites for hydroxylation is 1. The minimum absolute atomic E-state index is 0.0166. The molecule has 3 rings (SSSR count). The number of rotatable bonds is 5. The molecule has 0 amide bonds. The van der Waals surface area contributed by atoms with Crippen molar-refractivity contribution in [3.8, 4) is 5.75 Å². The molecule has 8 heteroatoms. The molecule has 148 valence electrons. The van der Waals surface area contributed by atoms with Gasteiger partial charge >= 0.3 is 0 Å². The largest absolute Gasteiger partial charge is 0.508 e. The van der Waals surface area contributed by atoms with E-state index >= 15 is 0 Å². The van der Waals surface area contributed by atoms with Gasteiger partial charge in [-0.1, -0.05) is 42.0 Å². The third-order valence-electron chi connectivity index (χ3n) is 5.07. The highest BCUT2D eigenvalue weighted by Gasteiger charge is 2.29. The summed E-state index contributed by atoms with van der Waals surface area (Å²) in [6.45, 7) is 5.21. The second-order valence-electron chi connectivity index (χ2n) is 7.12. The average molecular weight is 418 g/mol. The van der Waals surface area contributed by atoms with E-state index in [9.17, 15) is 15.2 Å². The van der Waals surface area contributed by atoms with Crippen LogP contribution in [-0.4, -0.2) is 49.8 Å². The number of hydrogen-bond acceptors (Lipinski definition) is 5. The summed E-state index contributed by atoms with van der Waals surface area (Å²) >= 11 is 9.65. The second-order valence-corrected chi connectivity index (χ2v) is 8.24. The zero-order chi connectivity index (χ0) is 20.3. The van der Waals surface area contributed by atoms with Crippen molar-refractivity contribution in [3.63, 3.8) is 0 Å². The third-order valence-corrected chi connectivity index (χ3v) is 5.56. The van der Waals surface area contributed by atoms with Gasteiger partial charge in [0.05, 0.1) is 4.92 Å². The Bertz CT molecular complexity index is 873. The van der Waals surface area contributed by atoms with Gasteiger partial charge in [-0.25, -0.2) is 0 Å². The van der Waals surface area contributed by atoms with Crippen molar-refractivity contribution < 1.29 is 10.0 Å². The van der Waals surface area contributed by atoms with Crippen molar-refractivity contribution in [3.05, 3.63) is 69.3 Å². The lowest BCUT2D eigenvalue weighted by Crippen LogP contribution is -2.54. The van der Waals surface area contributed by atoms with Gasteiger partial charge in [0.15, 0.2) is 0 Å². The molecule has 2 aromatic carbocycles. The molecule has 0 spiro atoms. The van der Waals surface area contributed by atoms with Crippen LogP contribution in [0.2, 0.25) is 0 Å². The Balaban J connectivity index is 1.77. The van der Waals surface area contributed by atoms with E-state index < -0.39 is 4.92 Å². The molecule has 1 fully saturated rings. The summed E-state index contributed by atoms with van der Waals surface area (Å²) in [5.74, 6) is 0.0614. The molecule has 28 heavy (non-hydrogen) atoms. The number of phenolic OH excluding ortho intramolecular Hbond substituents is 1. The number of thiol groups is 1. The molecular weight excluding hydrogens is 394 g/mol. The van der Waals surface area contributed by atoms with Crippen LogP contribution >= 0.6 is 24.8 Å². The summed E-state index contributed by atoms with van der Waals surface area (Å²) in [6, 6.07) is 12.6. The van der Waals surface area contributed by atoms with Gasteiger partial charge in [-0.05, 0) is 25.0 Å². The van der Waals surface area contributed by atoms with Gasteiger partial charge in [0.2, 0.25) is 0 Å². The minimum atomic E-state index is -0.450. The topological polar surface area (TPSA) is 69.9 Å². The van der Waals surface area contributed by atoms with Crippen molar-refractivity contribution >= 4 is 34.9 Å². The number of phenols is 1. The van der Waals surface area contributed by atoms with Crippen LogP contribution in [0.5, 0.6) is 5.75 Å². The molecule has 1 heterocycles. The molecule has 0 bridgehead atoms. The maximum Gasteiger partial charge on any atom is 0.269 e. The van der Waals surface area contributed by atoms with Crippen molar-refractivity contribution in [1.82, 2.24) is 9.80 Å². The molecule has 6 nitrogen and oxygen atoms in total. The van der Waals surface area contributed by atoms with Gasteiger partial charge in [0, 0.05) is 49.9 Å². The summed E-state index contributed by atoms with van der Waals surface area (Å²) in [4.78, 5) is 15.0. The molecule has 1 atom stereocenters. The lowest BCUT2D eigenvalue weighted by molar-refractivity contribution is -0.384. The SMILES string of the molecule is Cc1ccc(CN2CCN(C(=S)S)C(Cc3cc([N+](=O)[O-])ccc3O)C2)cc1. The molecule has 1 N–H and O–H groups in total. The second kappa shape index (κ2) is 8.89. The van der Waals surface area contributed by atoms with E-state index in [1.807, 2.05) is 4.90 Å². The van der Waals surface area contributed by atoms with E-state index in [-0.39, 0.29) is 17.5 Å². The number of nitrogens with zero attached hydrogens (tertiary/aromatic N) is 3. The van der Waals surface area contributed by atoms with Crippen LogP contribution in [0, 0.1) is 17.0 Å². The van der Waals surface area contributed by atoms with Gasteiger partial charge in [-0.3, -0.25) is 15.0 Å². The zero-order valence-corrected chi connectivity index (χ0v) is 17.3. The number of hydrogen-bond donors (Lipinski definition) is 2. The van der Waals surface area contributed by atoms with Crippen molar-refractivity contribution in [1.29, 1.82) is 0 Å². The number of non-ortho nitro benzene ring substituents is 1. The van der Waals surface area contributed by atoms with Gasteiger partial charge in [-0.15, -0.1) is 12.6 Å². The van der Waals surface area contributed by atoms with Gasteiger partial charge in [0.1, 0.15) is 10.1 Å². The quantitative estimate of drug-likeness (QED) is 0.336. The molecular formula is C20H23N3O3S2. The predicted octanol–water partition coefficient (Wildman–Crippen LogP) is 3.55. The van der Waals surface area contributed by atoms with Crippen LogP contribution in [-0.2, 0) is 13.0 Å². The monoisotopic (exact) mass is 417 g/mol. The molecule has 1 saturated heterocycles. The fourth-order valence-corrected chi connectivity index (χ4v) is 4.05. The van der Waals surface area contributed by atoms with Crippen molar-refractivity contribution in [2.75, 3.05) is 19.6 Å². The van der Waals surface area contributed by atoms with E-state index in [1.54, 1.807) is 0 Å². The summed E-state index contributed by atoms with van der Waals surface area (Å²) in [7, 11) is 0. The Hall–Kier alpha value is -2.16. The Morgan fingerprint density at radius 1 is 1.29 bits per heavy atom. The Kier molecular flexibility index (Phi) is 6.53. The van der Waals surface area contributed by atoms with Crippen LogP contribution in [0.1, 0.15) is 16.7 Å². The molecule has 1 unspecified atom stereocenters. The first kappa shape index (κ1) is 20.6. The van der Waals surface area contributed by atoms with E-state index in [1.165, 1.54) is 29.3 Å². The lowest BCUT2D eigenvalue weighted by Gasteiger charge is -2.42. The molecule has 0 aromatic heterocycles. The average Bonchev–Trinajstić information content (AvgIpc) is 2.65. The number of thiocarbonyl (C=S) groups is 1. The zero-order valence-electron chi connectivity index (χ0n) is 15.6. The van der Waals surface area contributed by atoms with Crippen molar-refractivity contribution in [2.24, 2.45) is 0 Å². The Morgan fingerprint density at radius 2 is 2.00 bits per heavy atom. The number of benzene rings is 2. The molecule has 2 aromatic rings. The first-order valence-electron chi connectivity index (χ1n) is 9.07. The highest BCUT2D eigenvalue weighted by molar-refractivity contribution is 8.10. The van der Waals surface area contributed by atoms with Gasteiger partial charge in [-0.2, -0.15) is 0 Å². The third kappa shape index (κ3) is 5.01. The van der Waals surface area contributed by atoms with E-state index in [2.05, 4.69) is 48.7 Å². The van der Waals surface area contributed by atoms with E-state index in [4.69, 9.17) is 12.2 Å². The predicted molar refractivity (Wildman–Crippen MR) is 117 cm³/mol. The van der Waals surface area contributed by atoms with Crippen molar-refractivity contribution in [2.45, 2.75) is 25.9 Å². The molecule has 0 radical (unpaired) electrons.